The highest BCUT2D eigenvalue weighted by Gasteiger charge is 2.25. The van der Waals surface area contributed by atoms with Crippen LogP contribution in [0.25, 0.3) is 33.2 Å². The van der Waals surface area contributed by atoms with E-state index in [1.807, 2.05) is 6.07 Å². The van der Waals surface area contributed by atoms with Gasteiger partial charge in [0.2, 0.25) is 0 Å². The van der Waals surface area contributed by atoms with E-state index in [-0.39, 0.29) is 11.7 Å². The number of hydrogen-bond acceptors (Lipinski definition) is 2. The number of carbonyl (C=O) groups is 1. The monoisotopic (exact) mass is 455 g/mol. The summed E-state index contributed by atoms with van der Waals surface area (Å²) in [6, 6.07) is 20.9. The van der Waals surface area contributed by atoms with Crippen LogP contribution in [-0.4, -0.2) is 24.0 Å². The van der Waals surface area contributed by atoms with Crippen molar-refractivity contribution in [2.24, 2.45) is 17.6 Å². The molecule has 5 heteroatoms. The molecule has 1 fully saturated rings. The molecule has 0 unspecified atom stereocenters. The third-order valence-electron chi connectivity index (χ3n) is 7.08. The Bertz CT molecular complexity index is 1310. The van der Waals surface area contributed by atoms with Crippen molar-refractivity contribution in [1.29, 1.82) is 0 Å². The lowest BCUT2D eigenvalue weighted by atomic mass is 9.98. The van der Waals surface area contributed by atoms with Crippen molar-refractivity contribution in [1.82, 2.24) is 10.3 Å². The molecule has 4 aromatic rings. The zero-order chi connectivity index (χ0) is 23.7. The van der Waals surface area contributed by atoms with Crippen LogP contribution >= 0.6 is 0 Å². The van der Waals surface area contributed by atoms with Crippen LogP contribution in [0.5, 0.6) is 0 Å². The van der Waals surface area contributed by atoms with Crippen molar-refractivity contribution in [3.8, 4) is 22.3 Å². The molecule has 0 bridgehead atoms. The fraction of sp³-hybridized carbons (Fsp3) is 0.276. The van der Waals surface area contributed by atoms with Crippen molar-refractivity contribution >= 4 is 16.8 Å². The number of amides is 1. The van der Waals surface area contributed by atoms with Gasteiger partial charge in [-0.3, -0.25) is 4.79 Å². The molecule has 0 radical (unpaired) electrons. The second-order valence-electron chi connectivity index (χ2n) is 9.50. The molecule has 1 saturated carbocycles. The van der Waals surface area contributed by atoms with Crippen LogP contribution in [0.4, 0.5) is 4.39 Å². The minimum atomic E-state index is -0.299. The van der Waals surface area contributed by atoms with E-state index < -0.39 is 0 Å². The number of aromatic nitrogens is 1. The van der Waals surface area contributed by atoms with Crippen LogP contribution in [0.1, 0.15) is 35.3 Å². The van der Waals surface area contributed by atoms with E-state index in [1.54, 1.807) is 12.1 Å². The van der Waals surface area contributed by atoms with E-state index >= 15 is 0 Å². The molecular formula is C29H30FN3O. The van der Waals surface area contributed by atoms with Crippen LogP contribution in [0.15, 0.2) is 66.7 Å². The first-order chi connectivity index (χ1) is 16.5. The Labute approximate surface area is 199 Å². The standard InChI is InChI=1S/C29H30FN3O/c1-18-2-6-21(7-3-18)23-10-13-25-26(15-23)33-28(27(25)22-8-11-24(30)12-9-22)29(34)32-17-20-5-4-19(14-20)16-31/h2-3,6-13,15,19-20,33H,4-5,14,16-17,31H2,1H3,(H,32,34)/t19-,20-/m0/s1. The summed E-state index contributed by atoms with van der Waals surface area (Å²) in [5, 5.41) is 4.08. The van der Waals surface area contributed by atoms with Crippen LogP contribution in [0.3, 0.4) is 0 Å². The lowest BCUT2D eigenvalue weighted by Gasteiger charge is -2.12. The zero-order valence-electron chi connectivity index (χ0n) is 19.4. The first-order valence-corrected chi connectivity index (χ1v) is 12.0. The van der Waals surface area contributed by atoms with E-state index in [0.29, 0.717) is 30.6 Å². The van der Waals surface area contributed by atoms with Crippen LogP contribution in [0, 0.1) is 24.6 Å². The van der Waals surface area contributed by atoms with Gasteiger partial charge >= 0.3 is 0 Å². The number of aromatic amines is 1. The van der Waals surface area contributed by atoms with Gasteiger partial charge in [-0.1, -0.05) is 54.1 Å². The number of hydrogen-bond donors (Lipinski definition) is 3. The number of aryl methyl sites for hydroxylation is 1. The second kappa shape index (κ2) is 9.43. The van der Waals surface area contributed by atoms with Crippen LogP contribution < -0.4 is 11.1 Å². The van der Waals surface area contributed by atoms with E-state index in [9.17, 15) is 9.18 Å². The van der Waals surface area contributed by atoms with Crippen molar-refractivity contribution in [2.45, 2.75) is 26.2 Å². The SMILES string of the molecule is Cc1ccc(-c2ccc3c(-c4ccc(F)cc4)c(C(=O)NC[C@H]4CC[C@H](CN)C4)[nH]c3c2)cc1. The number of carbonyl (C=O) groups excluding carboxylic acids is 1. The summed E-state index contributed by atoms with van der Waals surface area (Å²) in [7, 11) is 0. The number of nitrogens with two attached hydrogens (primary N) is 1. The Morgan fingerprint density at radius 3 is 2.35 bits per heavy atom. The smallest absolute Gasteiger partial charge is 0.268 e. The average Bonchev–Trinajstić information content (AvgIpc) is 3.48. The quantitative estimate of drug-likeness (QED) is 0.331. The zero-order valence-corrected chi connectivity index (χ0v) is 19.4. The van der Waals surface area contributed by atoms with Gasteiger partial charge in [0.05, 0.1) is 0 Å². The molecule has 2 atom stereocenters. The first-order valence-electron chi connectivity index (χ1n) is 12.0. The molecule has 1 aliphatic carbocycles. The van der Waals surface area contributed by atoms with Gasteiger partial charge < -0.3 is 16.0 Å². The van der Waals surface area contributed by atoms with Crippen LogP contribution in [0.2, 0.25) is 0 Å². The number of halogens is 1. The number of benzene rings is 3. The van der Waals surface area contributed by atoms with Gasteiger partial charge in [0.15, 0.2) is 0 Å². The summed E-state index contributed by atoms with van der Waals surface area (Å²) in [4.78, 5) is 16.7. The molecule has 1 aliphatic rings. The molecule has 0 aliphatic heterocycles. The Hall–Kier alpha value is -3.44. The third-order valence-corrected chi connectivity index (χ3v) is 7.08. The fourth-order valence-electron chi connectivity index (χ4n) is 5.11. The Morgan fingerprint density at radius 2 is 1.65 bits per heavy atom. The van der Waals surface area contributed by atoms with Crippen molar-refractivity contribution in [3.63, 3.8) is 0 Å². The molecule has 4 N–H and O–H groups in total. The summed E-state index contributed by atoms with van der Waals surface area (Å²) in [6.07, 6.45) is 3.29. The van der Waals surface area contributed by atoms with Gasteiger partial charge in [-0.15, -0.1) is 0 Å². The van der Waals surface area contributed by atoms with Crippen molar-refractivity contribution in [2.75, 3.05) is 13.1 Å². The molecule has 1 heterocycles. The van der Waals surface area contributed by atoms with Gasteiger partial charge in [-0.2, -0.15) is 0 Å². The molecule has 0 saturated heterocycles. The minimum absolute atomic E-state index is 0.136. The maximum absolute atomic E-state index is 13.6. The number of fused-ring (bicyclic) bond motifs is 1. The van der Waals surface area contributed by atoms with E-state index in [2.05, 4.69) is 53.6 Å². The van der Waals surface area contributed by atoms with E-state index in [4.69, 9.17) is 5.73 Å². The summed E-state index contributed by atoms with van der Waals surface area (Å²) in [5.74, 6) is 0.588. The average molecular weight is 456 g/mol. The molecule has 1 amide bonds. The minimum Gasteiger partial charge on any atom is -0.350 e. The lowest BCUT2D eigenvalue weighted by molar-refractivity contribution is 0.0943. The molecule has 34 heavy (non-hydrogen) atoms. The fourth-order valence-corrected chi connectivity index (χ4v) is 5.11. The summed E-state index contributed by atoms with van der Waals surface area (Å²) >= 11 is 0. The Morgan fingerprint density at radius 1 is 0.971 bits per heavy atom. The highest BCUT2D eigenvalue weighted by atomic mass is 19.1. The number of rotatable bonds is 6. The summed E-state index contributed by atoms with van der Waals surface area (Å²) < 4.78 is 13.6. The molecule has 3 aromatic carbocycles. The Balaban J connectivity index is 1.50. The van der Waals surface area contributed by atoms with Gasteiger partial charge in [0.25, 0.3) is 5.91 Å². The lowest BCUT2D eigenvalue weighted by Crippen LogP contribution is -2.29. The summed E-state index contributed by atoms with van der Waals surface area (Å²) in [6.45, 7) is 3.42. The van der Waals surface area contributed by atoms with Gasteiger partial charge in [-0.05, 0) is 79.5 Å². The number of nitrogens with one attached hydrogen (secondary N) is 2. The van der Waals surface area contributed by atoms with Gasteiger partial charge in [0, 0.05) is 23.0 Å². The summed E-state index contributed by atoms with van der Waals surface area (Å²) in [5.41, 5.74) is 12.2. The Kier molecular flexibility index (Phi) is 6.20. The number of H-pyrrole nitrogens is 1. The van der Waals surface area contributed by atoms with Crippen molar-refractivity contribution in [3.05, 3.63) is 83.8 Å². The third kappa shape index (κ3) is 4.48. The van der Waals surface area contributed by atoms with Gasteiger partial charge in [-0.25, -0.2) is 4.39 Å². The largest absolute Gasteiger partial charge is 0.350 e. The predicted octanol–water partition coefficient (Wildman–Crippen LogP) is 6.05. The molecule has 4 nitrogen and oxygen atoms in total. The van der Waals surface area contributed by atoms with E-state index in [1.165, 1.54) is 17.7 Å². The molecule has 1 aromatic heterocycles. The topological polar surface area (TPSA) is 70.9 Å². The molecule has 5 rings (SSSR count). The molecular weight excluding hydrogens is 425 g/mol. The highest BCUT2D eigenvalue weighted by Crippen LogP contribution is 2.35. The molecule has 0 spiro atoms. The molecule has 174 valence electrons. The van der Waals surface area contributed by atoms with Gasteiger partial charge in [0.1, 0.15) is 11.5 Å². The predicted molar refractivity (Wildman–Crippen MR) is 136 cm³/mol. The van der Waals surface area contributed by atoms with Crippen LogP contribution in [-0.2, 0) is 0 Å². The maximum atomic E-state index is 13.6. The van der Waals surface area contributed by atoms with E-state index in [0.717, 1.165) is 52.4 Å². The normalized spacial score (nSPS) is 17.9. The van der Waals surface area contributed by atoms with Crippen molar-refractivity contribution < 1.29 is 9.18 Å². The maximum Gasteiger partial charge on any atom is 0.268 e. The highest BCUT2D eigenvalue weighted by molar-refractivity contribution is 6.10. The second-order valence-corrected chi connectivity index (χ2v) is 9.50. The first kappa shape index (κ1) is 22.4.